The third-order valence-corrected chi connectivity index (χ3v) is 3.32. The summed E-state index contributed by atoms with van der Waals surface area (Å²) in [5.41, 5.74) is 1.89. The zero-order chi connectivity index (χ0) is 16.8. The minimum atomic E-state index is -1.05. The zero-order valence-corrected chi connectivity index (χ0v) is 12.0. The molecule has 0 spiro atoms. The summed E-state index contributed by atoms with van der Waals surface area (Å²) in [6.45, 7) is 0. The van der Waals surface area contributed by atoms with Crippen LogP contribution in [-0.2, 0) is 4.79 Å². The molecule has 0 bridgehead atoms. The number of nitriles is 1. The van der Waals surface area contributed by atoms with Crippen LogP contribution in [0.4, 0.5) is 4.39 Å². The Kier molecular flexibility index (Phi) is 5.05. The quantitative estimate of drug-likeness (QED) is 0.502. The fourth-order valence-corrected chi connectivity index (χ4v) is 2.13. The van der Waals surface area contributed by atoms with Gasteiger partial charge in [-0.25, -0.2) is 4.39 Å². The molecule has 2 rings (SSSR count). The van der Waals surface area contributed by atoms with Crippen molar-refractivity contribution in [2.24, 2.45) is 5.16 Å². The number of halogens is 1. The predicted octanol–water partition coefficient (Wildman–Crippen LogP) is 3.41. The van der Waals surface area contributed by atoms with Crippen LogP contribution in [0.5, 0.6) is 0 Å². The molecule has 0 fully saturated rings. The lowest BCUT2D eigenvalue weighted by atomic mass is 9.99. The van der Waals surface area contributed by atoms with Crippen molar-refractivity contribution in [2.75, 3.05) is 0 Å². The number of carboxylic acid groups (broad SMARTS) is 1. The lowest BCUT2D eigenvalue weighted by molar-refractivity contribution is -0.136. The molecule has 0 saturated carbocycles. The van der Waals surface area contributed by atoms with E-state index in [0.717, 1.165) is 5.56 Å². The minimum absolute atomic E-state index is 0.0173. The maximum atomic E-state index is 14.3. The summed E-state index contributed by atoms with van der Waals surface area (Å²) in [6.07, 6.45) is -0.324. The van der Waals surface area contributed by atoms with E-state index in [4.69, 9.17) is 15.6 Å². The molecule has 0 amide bonds. The van der Waals surface area contributed by atoms with E-state index in [9.17, 15) is 9.18 Å². The normalized spacial score (nSPS) is 11.0. The summed E-state index contributed by atoms with van der Waals surface area (Å²) in [4.78, 5) is 10.6. The smallest absolute Gasteiger partial charge is 0.303 e. The highest BCUT2D eigenvalue weighted by atomic mass is 19.1. The van der Waals surface area contributed by atoms with Gasteiger partial charge in [0.25, 0.3) is 0 Å². The molecule has 0 unspecified atom stereocenters. The van der Waals surface area contributed by atoms with Gasteiger partial charge in [-0.1, -0.05) is 23.4 Å². The van der Waals surface area contributed by atoms with Gasteiger partial charge in [0.2, 0.25) is 0 Å². The predicted molar refractivity (Wildman–Crippen MR) is 81.7 cm³/mol. The first-order chi connectivity index (χ1) is 11.0. The second-order valence-corrected chi connectivity index (χ2v) is 4.82. The van der Waals surface area contributed by atoms with Crippen molar-refractivity contribution in [1.82, 2.24) is 0 Å². The average Bonchev–Trinajstić information content (AvgIpc) is 2.56. The Bertz CT molecular complexity index is 792. The Labute approximate surface area is 131 Å². The molecule has 2 N–H and O–H groups in total. The standard InChI is InChI=1S/C17H13FN2O3/c18-15-9-13(12-3-1-11(10-19)2-4-12)5-6-14(15)16(20-23)7-8-17(21)22/h1-6,9,23H,7-8H2,(H,21,22). The fraction of sp³-hybridized carbons (Fsp3) is 0.118. The van der Waals surface area contributed by atoms with Gasteiger partial charge in [0.1, 0.15) is 5.82 Å². The van der Waals surface area contributed by atoms with Crippen molar-refractivity contribution in [1.29, 1.82) is 5.26 Å². The second kappa shape index (κ2) is 7.18. The molecule has 0 aromatic heterocycles. The number of aliphatic carboxylic acids is 1. The van der Waals surface area contributed by atoms with E-state index in [1.807, 2.05) is 6.07 Å². The van der Waals surface area contributed by atoms with E-state index in [1.54, 1.807) is 30.3 Å². The molecule has 116 valence electrons. The van der Waals surface area contributed by atoms with Gasteiger partial charge in [-0.2, -0.15) is 5.26 Å². The molecule has 0 saturated heterocycles. The molecule has 0 atom stereocenters. The monoisotopic (exact) mass is 312 g/mol. The topological polar surface area (TPSA) is 93.7 Å². The van der Waals surface area contributed by atoms with Crippen LogP contribution >= 0.6 is 0 Å². The van der Waals surface area contributed by atoms with Crippen molar-refractivity contribution >= 4 is 11.7 Å². The summed E-state index contributed by atoms with van der Waals surface area (Å²) in [6, 6.07) is 13.1. The SMILES string of the molecule is N#Cc1ccc(-c2ccc(C(CCC(=O)O)=NO)c(F)c2)cc1. The van der Waals surface area contributed by atoms with Gasteiger partial charge in [0, 0.05) is 12.0 Å². The highest BCUT2D eigenvalue weighted by molar-refractivity contribution is 6.01. The van der Waals surface area contributed by atoms with Gasteiger partial charge in [-0.3, -0.25) is 4.79 Å². The van der Waals surface area contributed by atoms with Crippen molar-refractivity contribution < 1.29 is 19.5 Å². The van der Waals surface area contributed by atoms with E-state index >= 15 is 0 Å². The number of rotatable bonds is 5. The van der Waals surface area contributed by atoms with Gasteiger partial charge in [0.15, 0.2) is 0 Å². The molecular formula is C17H13FN2O3. The largest absolute Gasteiger partial charge is 0.481 e. The van der Waals surface area contributed by atoms with Crippen LogP contribution in [0.3, 0.4) is 0 Å². The third-order valence-electron chi connectivity index (χ3n) is 3.32. The molecular weight excluding hydrogens is 299 g/mol. The number of hydrogen-bond acceptors (Lipinski definition) is 4. The van der Waals surface area contributed by atoms with Crippen LogP contribution in [-0.4, -0.2) is 22.0 Å². The van der Waals surface area contributed by atoms with Crippen molar-refractivity contribution in [3.8, 4) is 17.2 Å². The van der Waals surface area contributed by atoms with Gasteiger partial charge >= 0.3 is 5.97 Å². The first-order valence-electron chi connectivity index (χ1n) is 6.78. The van der Waals surface area contributed by atoms with Crippen LogP contribution < -0.4 is 0 Å². The molecule has 0 heterocycles. The number of nitrogens with zero attached hydrogens (tertiary/aromatic N) is 2. The van der Waals surface area contributed by atoms with Gasteiger partial charge in [-0.15, -0.1) is 0 Å². The van der Waals surface area contributed by atoms with Crippen LogP contribution in [0, 0.1) is 17.1 Å². The Balaban J connectivity index is 2.29. The van der Waals surface area contributed by atoms with Crippen molar-refractivity contribution in [3.63, 3.8) is 0 Å². The summed E-state index contributed by atoms with van der Waals surface area (Å²) in [5.74, 6) is -1.66. The molecule has 0 aliphatic carbocycles. The molecule has 0 aliphatic rings. The Hall–Kier alpha value is -3.20. The molecule has 0 aliphatic heterocycles. The van der Waals surface area contributed by atoms with E-state index in [0.29, 0.717) is 11.1 Å². The lowest BCUT2D eigenvalue weighted by Crippen LogP contribution is -2.07. The summed E-state index contributed by atoms with van der Waals surface area (Å²) < 4.78 is 14.3. The second-order valence-electron chi connectivity index (χ2n) is 4.82. The Morgan fingerprint density at radius 2 is 1.78 bits per heavy atom. The van der Waals surface area contributed by atoms with E-state index < -0.39 is 11.8 Å². The van der Waals surface area contributed by atoms with Crippen LogP contribution in [0.2, 0.25) is 0 Å². The van der Waals surface area contributed by atoms with E-state index in [-0.39, 0.29) is 24.1 Å². The molecule has 2 aromatic rings. The number of hydrogen-bond donors (Lipinski definition) is 2. The number of carboxylic acids is 1. The average molecular weight is 312 g/mol. The van der Waals surface area contributed by atoms with E-state index in [2.05, 4.69) is 5.16 Å². The van der Waals surface area contributed by atoms with Crippen LogP contribution in [0.1, 0.15) is 24.0 Å². The molecule has 5 nitrogen and oxygen atoms in total. The van der Waals surface area contributed by atoms with E-state index in [1.165, 1.54) is 12.1 Å². The number of oxime groups is 1. The van der Waals surface area contributed by atoms with Gasteiger partial charge < -0.3 is 10.3 Å². The number of carbonyl (C=O) groups is 1. The van der Waals surface area contributed by atoms with Crippen molar-refractivity contribution in [2.45, 2.75) is 12.8 Å². The highest BCUT2D eigenvalue weighted by Gasteiger charge is 2.13. The van der Waals surface area contributed by atoms with Crippen molar-refractivity contribution in [3.05, 3.63) is 59.4 Å². The van der Waals surface area contributed by atoms with Crippen LogP contribution in [0.15, 0.2) is 47.6 Å². The molecule has 6 heteroatoms. The Morgan fingerprint density at radius 3 is 2.30 bits per heavy atom. The first kappa shape index (κ1) is 16.2. The van der Waals surface area contributed by atoms with Gasteiger partial charge in [0.05, 0.1) is 23.8 Å². The summed E-state index contributed by atoms with van der Waals surface area (Å²) in [7, 11) is 0. The summed E-state index contributed by atoms with van der Waals surface area (Å²) >= 11 is 0. The minimum Gasteiger partial charge on any atom is -0.481 e. The Morgan fingerprint density at radius 1 is 1.13 bits per heavy atom. The molecule has 23 heavy (non-hydrogen) atoms. The van der Waals surface area contributed by atoms with Gasteiger partial charge in [-0.05, 0) is 35.4 Å². The molecule has 2 aromatic carbocycles. The summed E-state index contributed by atoms with van der Waals surface area (Å²) in [5, 5.41) is 29.4. The molecule has 0 radical (unpaired) electrons. The maximum Gasteiger partial charge on any atom is 0.303 e. The van der Waals surface area contributed by atoms with Crippen LogP contribution in [0.25, 0.3) is 11.1 Å². The fourth-order valence-electron chi connectivity index (χ4n) is 2.13. The zero-order valence-electron chi connectivity index (χ0n) is 12.0. The first-order valence-corrected chi connectivity index (χ1v) is 6.78. The lowest BCUT2D eigenvalue weighted by Gasteiger charge is -2.08. The maximum absolute atomic E-state index is 14.3. The third kappa shape index (κ3) is 3.92. The number of benzene rings is 2. The highest BCUT2D eigenvalue weighted by Crippen LogP contribution is 2.23.